The van der Waals surface area contributed by atoms with Gasteiger partial charge in [-0.3, -0.25) is 0 Å². The highest BCUT2D eigenvalue weighted by Gasteiger charge is 2.69. The van der Waals surface area contributed by atoms with Crippen molar-refractivity contribution in [2.45, 2.75) is 30.0 Å². The van der Waals surface area contributed by atoms with E-state index >= 15 is 0 Å². The van der Waals surface area contributed by atoms with Gasteiger partial charge < -0.3 is 19.5 Å². The standard InChI is InChI=1S/C25H19N3O3.C3H9N/c1-30-23-22-21(13-19(15-27)28-23)31-25(18-9-7-16(14-26)8-10-18)20(11-12-24(22,25)29)17-5-3-2-4-6-17;1-4(2)3/h2-10,13,20,29H,11-12H2,1H3;1-3H3. The summed E-state index contributed by atoms with van der Waals surface area (Å²) in [6.45, 7) is 0. The zero-order valence-corrected chi connectivity index (χ0v) is 20.3. The van der Waals surface area contributed by atoms with E-state index in [1.807, 2.05) is 74.6 Å². The number of hydrogen-bond acceptors (Lipinski definition) is 7. The molecule has 0 radical (unpaired) electrons. The quantitative estimate of drug-likeness (QED) is 0.618. The molecule has 5 rings (SSSR count). The van der Waals surface area contributed by atoms with Gasteiger partial charge in [0.2, 0.25) is 5.88 Å². The van der Waals surface area contributed by atoms with Gasteiger partial charge in [-0.2, -0.15) is 10.5 Å². The highest BCUT2D eigenvalue weighted by atomic mass is 16.5. The molecule has 2 aromatic carbocycles. The molecule has 1 N–H and O–H groups in total. The number of ether oxygens (including phenoxy) is 2. The number of benzene rings is 2. The first-order valence-corrected chi connectivity index (χ1v) is 11.4. The summed E-state index contributed by atoms with van der Waals surface area (Å²) in [5, 5.41) is 30.9. The molecule has 2 aliphatic rings. The number of aliphatic hydroxyl groups is 1. The number of nitrogens with zero attached hydrogens (tertiary/aromatic N) is 4. The van der Waals surface area contributed by atoms with Crippen LogP contribution in [0.5, 0.6) is 11.6 Å². The molecule has 1 aliphatic carbocycles. The van der Waals surface area contributed by atoms with Crippen LogP contribution >= 0.6 is 0 Å². The predicted octanol–water partition coefficient (Wildman–Crippen LogP) is 4.06. The Morgan fingerprint density at radius 3 is 2.29 bits per heavy atom. The number of rotatable bonds is 3. The molecule has 7 nitrogen and oxygen atoms in total. The van der Waals surface area contributed by atoms with Crippen LogP contribution in [0, 0.1) is 22.7 Å². The van der Waals surface area contributed by atoms with Gasteiger partial charge in [0, 0.05) is 12.0 Å². The minimum absolute atomic E-state index is 0.158. The Balaban J connectivity index is 0.000000672. The Hall–Kier alpha value is -3.91. The average molecular weight is 469 g/mol. The van der Waals surface area contributed by atoms with Gasteiger partial charge in [-0.25, -0.2) is 4.98 Å². The molecule has 3 atom stereocenters. The molecular weight excluding hydrogens is 440 g/mol. The van der Waals surface area contributed by atoms with Crippen LogP contribution in [0.4, 0.5) is 0 Å². The molecule has 0 bridgehead atoms. The van der Waals surface area contributed by atoms with Crippen LogP contribution in [0.1, 0.15) is 46.7 Å². The van der Waals surface area contributed by atoms with Gasteiger partial charge >= 0.3 is 0 Å². The second-order valence-electron chi connectivity index (χ2n) is 9.23. The Morgan fingerprint density at radius 1 is 1.06 bits per heavy atom. The molecule has 178 valence electrons. The van der Waals surface area contributed by atoms with E-state index in [1.54, 1.807) is 18.2 Å². The summed E-state index contributed by atoms with van der Waals surface area (Å²) in [6.07, 6.45) is 1.12. The highest BCUT2D eigenvalue weighted by Crippen LogP contribution is 2.67. The molecule has 0 saturated heterocycles. The summed E-state index contributed by atoms with van der Waals surface area (Å²) in [6, 6.07) is 22.8. The first-order chi connectivity index (χ1) is 16.8. The van der Waals surface area contributed by atoms with Crippen molar-refractivity contribution in [3.63, 3.8) is 0 Å². The molecule has 3 unspecified atom stereocenters. The third-order valence-electron chi connectivity index (χ3n) is 6.49. The summed E-state index contributed by atoms with van der Waals surface area (Å²) in [5.74, 6) is 0.436. The van der Waals surface area contributed by atoms with Gasteiger partial charge in [0.15, 0.2) is 5.60 Å². The highest BCUT2D eigenvalue weighted by molar-refractivity contribution is 5.58. The second kappa shape index (κ2) is 9.38. The fourth-order valence-corrected chi connectivity index (χ4v) is 5.21. The van der Waals surface area contributed by atoms with E-state index in [1.165, 1.54) is 7.11 Å². The fraction of sp³-hybridized carbons (Fsp3) is 0.321. The lowest BCUT2D eigenvalue weighted by atomic mass is 9.72. The first kappa shape index (κ1) is 24.2. The lowest BCUT2D eigenvalue weighted by Gasteiger charge is -2.40. The summed E-state index contributed by atoms with van der Waals surface area (Å²) in [7, 11) is 7.47. The monoisotopic (exact) mass is 468 g/mol. The van der Waals surface area contributed by atoms with E-state index in [2.05, 4.69) is 11.1 Å². The number of aromatic nitrogens is 1. The molecule has 0 spiro atoms. The van der Waals surface area contributed by atoms with Crippen molar-refractivity contribution in [2.24, 2.45) is 0 Å². The summed E-state index contributed by atoms with van der Waals surface area (Å²) < 4.78 is 12.1. The SMILES string of the molecule is CN(C)C.COc1nc(C#N)cc2c1C1(O)CCC(c3ccccc3)C1(c1ccc(C#N)cc1)O2. The van der Waals surface area contributed by atoms with E-state index in [0.717, 1.165) is 11.1 Å². The van der Waals surface area contributed by atoms with E-state index in [9.17, 15) is 15.6 Å². The van der Waals surface area contributed by atoms with Crippen molar-refractivity contribution in [3.05, 3.63) is 88.6 Å². The van der Waals surface area contributed by atoms with Crippen molar-refractivity contribution in [1.29, 1.82) is 10.5 Å². The lowest BCUT2D eigenvalue weighted by molar-refractivity contribution is -0.106. The van der Waals surface area contributed by atoms with Crippen LogP contribution in [-0.2, 0) is 11.2 Å². The maximum Gasteiger partial charge on any atom is 0.224 e. The topological polar surface area (TPSA) is 102 Å². The van der Waals surface area contributed by atoms with Gasteiger partial charge in [-0.15, -0.1) is 0 Å². The van der Waals surface area contributed by atoms with Crippen molar-refractivity contribution >= 4 is 0 Å². The van der Waals surface area contributed by atoms with Crippen LogP contribution in [0.3, 0.4) is 0 Å². The minimum Gasteiger partial charge on any atom is -0.481 e. The van der Waals surface area contributed by atoms with Crippen LogP contribution in [-0.4, -0.2) is 43.2 Å². The number of fused-ring (bicyclic) bond motifs is 3. The first-order valence-electron chi connectivity index (χ1n) is 11.4. The summed E-state index contributed by atoms with van der Waals surface area (Å²) in [4.78, 5) is 6.27. The Labute approximate surface area is 205 Å². The Bertz CT molecular complexity index is 1290. The van der Waals surface area contributed by atoms with Crippen molar-refractivity contribution in [3.8, 4) is 23.8 Å². The van der Waals surface area contributed by atoms with Crippen LogP contribution in [0.25, 0.3) is 0 Å². The zero-order valence-electron chi connectivity index (χ0n) is 20.3. The molecule has 35 heavy (non-hydrogen) atoms. The molecule has 1 saturated carbocycles. The van der Waals surface area contributed by atoms with Crippen LogP contribution in [0.15, 0.2) is 60.7 Å². The number of methoxy groups -OCH3 is 1. The Kier molecular flexibility index (Phi) is 6.49. The largest absolute Gasteiger partial charge is 0.481 e. The summed E-state index contributed by atoms with van der Waals surface area (Å²) in [5.41, 5.74) is 0.402. The van der Waals surface area contributed by atoms with E-state index < -0.39 is 11.2 Å². The zero-order chi connectivity index (χ0) is 25.2. The van der Waals surface area contributed by atoms with Gasteiger partial charge in [0.05, 0.1) is 24.3 Å². The lowest BCUT2D eigenvalue weighted by Crippen LogP contribution is -2.48. The van der Waals surface area contributed by atoms with Crippen molar-refractivity contribution in [1.82, 2.24) is 9.88 Å². The average Bonchev–Trinajstić information content (AvgIpc) is 3.30. The van der Waals surface area contributed by atoms with E-state index in [4.69, 9.17) is 9.47 Å². The van der Waals surface area contributed by atoms with Gasteiger partial charge in [0.1, 0.15) is 23.1 Å². The molecule has 1 fully saturated rings. The van der Waals surface area contributed by atoms with Crippen LogP contribution < -0.4 is 9.47 Å². The number of hydrogen-bond donors (Lipinski definition) is 1. The third kappa shape index (κ3) is 3.89. The van der Waals surface area contributed by atoms with Gasteiger partial charge in [-0.1, -0.05) is 42.5 Å². The maximum absolute atomic E-state index is 12.2. The normalized spacial score (nSPS) is 23.7. The van der Waals surface area contributed by atoms with Crippen LogP contribution in [0.2, 0.25) is 0 Å². The molecule has 0 amide bonds. The predicted molar refractivity (Wildman–Crippen MR) is 131 cm³/mol. The van der Waals surface area contributed by atoms with E-state index in [-0.39, 0.29) is 17.5 Å². The van der Waals surface area contributed by atoms with Gasteiger partial charge in [0.25, 0.3) is 0 Å². The molecular formula is C28H28N4O3. The number of nitriles is 2. The number of pyridine rings is 1. The molecule has 2 heterocycles. The fourth-order valence-electron chi connectivity index (χ4n) is 5.21. The van der Waals surface area contributed by atoms with Crippen molar-refractivity contribution in [2.75, 3.05) is 28.3 Å². The smallest absolute Gasteiger partial charge is 0.224 e. The Morgan fingerprint density at radius 2 is 1.71 bits per heavy atom. The summed E-state index contributed by atoms with van der Waals surface area (Å²) >= 11 is 0. The molecule has 3 aromatic rings. The third-order valence-corrected chi connectivity index (χ3v) is 6.49. The molecule has 1 aliphatic heterocycles. The van der Waals surface area contributed by atoms with Crippen molar-refractivity contribution < 1.29 is 14.6 Å². The second-order valence-corrected chi connectivity index (χ2v) is 9.23. The van der Waals surface area contributed by atoms with Gasteiger partial charge in [-0.05, 0) is 57.2 Å². The maximum atomic E-state index is 12.2. The minimum atomic E-state index is -1.41. The molecule has 7 heteroatoms. The molecule has 1 aromatic heterocycles. The van der Waals surface area contributed by atoms with E-state index in [0.29, 0.717) is 29.7 Å².